The van der Waals surface area contributed by atoms with Crippen molar-refractivity contribution in [3.8, 4) is 0 Å². The van der Waals surface area contributed by atoms with Gasteiger partial charge in [-0.1, -0.05) is 6.92 Å². The molecule has 0 saturated carbocycles. The number of carbonyl (C=O) groups is 1. The number of ether oxygens (including phenoxy) is 1. The molecular formula is C9H17NO3. The van der Waals surface area contributed by atoms with Crippen LogP contribution in [0.1, 0.15) is 20.3 Å². The van der Waals surface area contributed by atoms with E-state index in [4.69, 9.17) is 9.84 Å². The first-order valence-corrected chi connectivity index (χ1v) is 4.56. The summed E-state index contributed by atoms with van der Waals surface area (Å²) in [6.45, 7) is 4.58. The van der Waals surface area contributed by atoms with Gasteiger partial charge in [-0.15, -0.1) is 0 Å². The quantitative estimate of drug-likeness (QED) is 0.677. The molecule has 13 heavy (non-hydrogen) atoms. The molecule has 1 atom stereocenters. The highest BCUT2D eigenvalue weighted by Gasteiger charge is 2.40. The van der Waals surface area contributed by atoms with Crippen molar-refractivity contribution in [3.63, 3.8) is 0 Å². The van der Waals surface area contributed by atoms with Gasteiger partial charge in [-0.05, 0) is 13.3 Å². The Balaban J connectivity index is 2.55. The van der Waals surface area contributed by atoms with Crippen LogP contribution in [0.2, 0.25) is 0 Å². The maximum atomic E-state index is 11.7. The first kappa shape index (κ1) is 10.5. The van der Waals surface area contributed by atoms with Crippen LogP contribution in [0, 0.1) is 0 Å². The Morgan fingerprint density at radius 1 is 1.69 bits per heavy atom. The molecule has 1 heterocycles. The van der Waals surface area contributed by atoms with E-state index in [1.165, 1.54) is 7.11 Å². The average molecular weight is 187 g/mol. The fourth-order valence-electron chi connectivity index (χ4n) is 1.34. The van der Waals surface area contributed by atoms with Gasteiger partial charge in [-0.3, -0.25) is 4.79 Å². The van der Waals surface area contributed by atoms with Gasteiger partial charge in [0.05, 0.1) is 6.10 Å². The van der Waals surface area contributed by atoms with Crippen molar-refractivity contribution in [1.29, 1.82) is 0 Å². The second-order valence-electron chi connectivity index (χ2n) is 3.65. The van der Waals surface area contributed by atoms with Crippen LogP contribution in [0.3, 0.4) is 0 Å². The van der Waals surface area contributed by atoms with E-state index in [9.17, 15) is 4.79 Å². The number of hydrogen-bond donors (Lipinski definition) is 1. The van der Waals surface area contributed by atoms with Crippen molar-refractivity contribution in [2.75, 3.05) is 20.2 Å². The van der Waals surface area contributed by atoms with Gasteiger partial charge in [-0.25, -0.2) is 0 Å². The van der Waals surface area contributed by atoms with Gasteiger partial charge >= 0.3 is 0 Å². The summed E-state index contributed by atoms with van der Waals surface area (Å²) < 4.78 is 5.17. The number of amides is 1. The number of methoxy groups -OCH3 is 1. The van der Waals surface area contributed by atoms with Crippen molar-refractivity contribution >= 4 is 5.91 Å². The van der Waals surface area contributed by atoms with Crippen molar-refractivity contribution in [2.24, 2.45) is 0 Å². The molecule has 1 aliphatic rings. The highest BCUT2D eigenvalue weighted by atomic mass is 16.5. The van der Waals surface area contributed by atoms with E-state index in [0.29, 0.717) is 19.5 Å². The standard InChI is InChI=1S/C9H17NO3/c1-4-9(2,13-3)8(12)10-5-7(11)6-10/h7,11H,4-6H2,1-3H3. The van der Waals surface area contributed by atoms with Crippen LogP contribution >= 0.6 is 0 Å². The van der Waals surface area contributed by atoms with Crippen molar-refractivity contribution in [1.82, 2.24) is 4.90 Å². The minimum absolute atomic E-state index is 0.0252. The zero-order chi connectivity index (χ0) is 10.1. The third kappa shape index (κ3) is 1.84. The number of rotatable bonds is 3. The number of aliphatic hydroxyl groups excluding tert-OH is 1. The molecule has 4 heteroatoms. The molecule has 0 aromatic carbocycles. The van der Waals surface area contributed by atoms with E-state index in [0.717, 1.165) is 0 Å². The second-order valence-corrected chi connectivity index (χ2v) is 3.65. The van der Waals surface area contributed by atoms with Crippen LogP contribution in [0.15, 0.2) is 0 Å². The molecular weight excluding hydrogens is 170 g/mol. The monoisotopic (exact) mass is 187 g/mol. The molecule has 4 nitrogen and oxygen atoms in total. The summed E-state index contributed by atoms with van der Waals surface area (Å²) in [5.41, 5.74) is -0.722. The molecule has 0 bridgehead atoms. The summed E-state index contributed by atoms with van der Waals surface area (Å²) >= 11 is 0. The Hall–Kier alpha value is -0.610. The fourth-order valence-corrected chi connectivity index (χ4v) is 1.34. The fraction of sp³-hybridized carbons (Fsp3) is 0.889. The second kappa shape index (κ2) is 3.64. The van der Waals surface area contributed by atoms with E-state index in [-0.39, 0.29) is 12.0 Å². The molecule has 1 N–H and O–H groups in total. The Bertz CT molecular complexity index is 195. The predicted octanol–water partition coefficient (Wildman–Crippen LogP) is 0.00460. The minimum atomic E-state index is -0.722. The summed E-state index contributed by atoms with van der Waals surface area (Å²) in [5.74, 6) is -0.0252. The molecule has 0 spiro atoms. The van der Waals surface area contributed by atoms with Crippen molar-refractivity contribution in [2.45, 2.75) is 32.0 Å². The van der Waals surface area contributed by atoms with Crippen LogP contribution in [0.25, 0.3) is 0 Å². The first-order valence-electron chi connectivity index (χ1n) is 4.56. The average Bonchev–Trinajstić information content (AvgIpc) is 2.10. The lowest BCUT2D eigenvalue weighted by Gasteiger charge is -2.41. The van der Waals surface area contributed by atoms with E-state index in [1.54, 1.807) is 11.8 Å². The number of aliphatic hydroxyl groups is 1. The molecule has 1 amide bonds. The van der Waals surface area contributed by atoms with E-state index >= 15 is 0 Å². The third-order valence-electron chi connectivity index (χ3n) is 2.73. The van der Waals surface area contributed by atoms with Gasteiger partial charge in [0.25, 0.3) is 5.91 Å². The molecule has 0 aliphatic carbocycles. The largest absolute Gasteiger partial charge is 0.389 e. The summed E-state index contributed by atoms with van der Waals surface area (Å²) in [5, 5.41) is 9.04. The normalized spacial score (nSPS) is 22.3. The van der Waals surface area contributed by atoms with Gasteiger partial charge in [0.1, 0.15) is 5.60 Å². The van der Waals surface area contributed by atoms with Crippen LogP contribution < -0.4 is 0 Å². The first-order chi connectivity index (χ1) is 6.03. The SMILES string of the molecule is CCC(C)(OC)C(=O)N1CC(O)C1. The smallest absolute Gasteiger partial charge is 0.254 e. The molecule has 76 valence electrons. The zero-order valence-electron chi connectivity index (χ0n) is 8.41. The van der Waals surface area contributed by atoms with Crippen molar-refractivity contribution < 1.29 is 14.6 Å². The van der Waals surface area contributed by atoms with Gasteiger partial charge < -0.3 is 14.7 Å². The number of nitrogens with zero attached hydrogens (tertiary/aromatic N) is 1. The Kier molecular flexibility index (Phi) is 2.93. The van der Waals surface area contributed by atoms with Crippen LogP contribution in [0.5, 0.6) is 0 Å². The highest BCUT2D eigenvalue weighted by Crippen LogP contribution is 2.21. The highest BCUT2D eigenvalue weighted by molar-refractivity contribution is 5.85. The Labute approximate surface area is 78.5 Å². The topological polar surface area (TPSA) is 49.8 Å². The number of carbonyl (C=O) groups excluding carboxylic acids is 1. The predicted molar refractivity (Wildman–Crippen MR) is 48.3 cm³/mol. The molecule has 0 radical (unpaired) electrons. The molecule has 0 aromatic rings. The maximum absolute atomic E-state index is 11.7. The lowest BCUT2D eigenvalue weighted by Crippen LogP contribution is -2.59. The number of likely N-dealkylation sites (tertiary alicyclic amines) is 1. The van der Waals surface area contributed by atoms with Crippen molar-refractivity contribution in [3.05, 3.63) is 0 Å². The van der Waals surface area contributed by atoms with E-state index in [1.807, 2.05) is 6.92 Å². The van der Waals surface area contributed by atoms with E-state index < -0.39 is 5.60 Å². The summed E-state index contributed by atoms with van der Waals surface area (Å²) in [6, 6.07) is 0. The maximum Gasteiger partial charge on any atom is 0.254 e. The molecule has 1 rings (SSSR count). The number of hydrogen-bond acceptors (Lipinski definition) is 3. The lowest BCUT2D eigenvalue weighted by molar-refractivity contribution is -0.163. The molecule has 1 fully saturated rings. The zero-order valence-corrected chi connectivity index (χ0v) is 8.41. The number of β-amino-alcohol motifs (C(OH)–C–C–N with tert-alkyl or cyclic N) is 1. The lowest BCUT2D eigenvalue weighted by atomic mass is 9.98. The molecule has 1 aliphatic heterocycles. The van der Waals surface area contributed by atoms with Gasteiger partial charge in [0, 0.05) is 20.2 Å². The third-order valence-corrected chi connectivity index (χ3v) is 2.73. The van der Waals surface area contributed by atoms with Crippen LogP contribution in [-0.4, -0.2) is 47.8 Å². The molecule has 1 saturated heterocycles. The summed E-state index contributed by atoms with van der Waals surface area (Å²) in [6.07, 6.45) is 0.302. The van der Waals surface area contributed by atoms with Gasteiger partial charge in [-0.2, -0.15) is 0 Å². The minimum Gasteiger partial charge on any atom is -0.389 e. The Morgan fingerprint density at radius 2 is 2.23 bits per heavy atom. The van der Waals surface area contributed by atoms with Gasteiger partial charge in [0.2, 0.25) is 0 Å². The van der Waals surface area contributed by atoms with Crippen LogP contribution in [0.4, 0.5) is 0 Å². The molecule has 1 unspecified atom stereocenters. The molecule has 0 aromatic heterocycles. The summed E-state index contributed by atoms with van der Waals surface area (Å²) in [4.78, 5) is 13.4. The van der Waals surface area contributed by atoms with Gasteiger partial charge in [0.15, 0.2) is 0 Å². The summed E-state index contributed by atoms with van der Waals surface area (Å²) in [7, 11) is 1.54. The van der Waals surface area contributed by atoms with Crippen LogP contribution in [-0.2, 0) is 9.53 Å². The van der Waals surface area contributed by atoms with E-state index in [2.05, 4.69) is 0 Å². The Morgan fingerprint density at radius 3 is 2.54 bits per heavy atom.